The smallest absolute Gasteiger partial charge is 0.240 e. The molecule has 2 heterocycles. The van der Waals surface area contributed by atoms with Gasteiger partial charge < -0.3 is 10.0 Å². The molecule has 104 valence electrons. The van der Waals surface area contributed by atoms with E-state index in [0.717, 1.165) is 5.56 Å². The molecule has 0 radical (unpaired) electrons. The van der Waals surface area contributed by atoms with Crippen LogP contribution in [0, 0.1) is 0 Å². The van der Waals surface area contributed by atoms with E-state index in [4.69, 9.17) is 5.11 Å². The van der Waals surface area contributed by atoms with Crippen LogP contribution >= 0.6 is 0 Å². The fourth-order valence-corrected chi connectivity index (χ4v) is 2.53. The van der Waals surface area contributed by atoms with E-state index in [0.29, 0.717) is 19.5 Å². The number of carbonyl (C=O) groups is 1. The fourth-order valence-electron chi connectivity index (χ4n) is 2.53. The molecule has 0 bridgehead atoms. The molecule has 2 N–H and O–H groups in total. The second kappa shape index (κ2) is 5.67. The average molecular weight is 263 g/mol. The predicted molar refractivity (Wildman–Crippen MR) is 72.4 cm³/mol. The van der Waals surface area contributed by atoms with Crippen LogP contribution in [0.3, 0.4) is 0 Å². The summed E-state index contributed by atoms with van der Waals surface area (Å²) in [5, 5.41) is 12.4. The van der Waals surface area contributed by atoms with Gasteiger partial charge in [-0.25, -0.2) is 0 Å². The van der Waals surface area contributed by atoms with Crippen molar-refractivity contribution in [2.45, 2.75) is 38.4 Å². The van der Waals surface area contributed by atoms with Crippen LogP contribution in [0.4, 0.5) is 0 Å². The second-order valence-electron chi connectivity index (χ2n) is 5.65. The molecule has 0 aromatic carbocycles. The van der Waals surface area contributed by atoms with Crippen molar-refractivity contribution >= 4 is 5.91 Å². The van der Waals surface area contributed by atoms with Gasteiger partial charge in [0.1, 0.15) is 0 Å². The van der Waals surface area contributed by atoms with Gasteiger partial charge in [0.25, 0.3) is 0 Å². The van der Waals surface area contributed by atoms with Crippen LogP contribution in [0.15, 0.2) is 24.5 Å². The molecule has 19 heavy (non-hydrogen) atoms. The van der Waals surface area contributed by atoms with Crippen LogP contribution in [0.5, 0.6) is 0 Å². The van der Waals surface area contributed by atoms with Gasteiger partial charge in [-0.2, -0.15) is 0 Å². The van der Waals surface area contributed by atoms with E-state index in [2.05, 4.69) is 24.1 Å². The molecule has 1 aliphatic rings. The van der Waals surface area contributed by atoms with Crippen LogP contribution in [-0.2, 0) is 11.3 Å². The number of piperazine rings is 1. The van der Waals surface area contributed by atoms with Crippen LogP contribution in [0.25, 0.3) is 0 Å². The Morgan fingerprint density at radius 2 is 2.37 bits per heavy atom. The normalized spacial score (nSPS) is 22.6. The molecule has 0 saturated carbocycles. The molecular formula is C14H21N3O2. The topological polar surface area (TPSA) is 65.5 Å². The molecule has 1 unspecified atom stereocenters. The highest BCUT2D eigenvalue weighted by atomic mass is 16.3. The Morgan fingerprint density at radius 3 is 3.00 bits per heavy atom. The number of hydrogen-bond acceptors (Lipinski definition) is 4. The maximum Gasteiger partial charge on any atom is 0.240 e. The Balaban J connectivity index is 2.12. The third-order valence-electron chi connectivity index (χ3n) is 3.27. The average Bonchev–Trinajstić information content (AvgIpc) is 2.36. The van der Waals surface area contributed by atoms with E-state index in [-0.39, 0.29) is 24.1 Å². The zero-order valence-electron chi connectivity index (χ0n) is 11.5. The molecule has 5 heteroatoms. The molecule has 2 rings (SSSR count). The zero-order chi connectivity index (χ0) is 13.9. The van der Waals surface area contributed by atoms with Gasteiger partial charge in [-0.15, -0.1) is 0 Å². The van der Waals surface area contributed by atoms with Crippen molar-refractivity contribution in [3.63, 3.8) is 0 Å². The van der Waals surface area contributed by atoms with Crippen molar-refractivity contribution in [2.75, 3.05) is 13.2 Å². The summed E-state index contributed by atoms with van der Waals surface area (Å²) in [5.41, 5.74) is 0.881. The molecule has 1 aromatic heterocycles. The molecular weight excluding hydrogens is 242 g/mol. The third-order valence-corrected chi connectivity index (χ3v) is 3.27. The van der Waals surface area contributed by atoms with Gasteiger partial charge in [-0.05, 0) is 31.9 Å². The Morgan fingerprint density at radius 1 is 1.58 bits per heavy atom. The number of rotatable bonds is 4. The fraction of sp³-hybridized carbons (Fsp3) is 0.571. The maximum atomic E-state index is 12.3. The Kier molecular flexibility index (Phi) is 4.17. The largest absolute Gasteiger partial charge is 0.396 e. The quantitative estimate of drug-likeness (QED) is 0.832. The summed E-state index contributed by atoms with van der Waals surface area (Å²) in [6.45, 7) is 5.38. The first-order valence-corrected chi connectivity index (χ1v) is 6.58. The first-order chi connectivity index (χ1) is 9.02. The molecule has 1 aliphatic heterocycles. The molecule has 0 aliphatic carbocycles. The first kappa shape index (κ1) is 14.0. The van der Waals surface area contributed by atoms with Crippen molar-refractivity contribution in [3.8, 4) is 0 Å². The number of aliphatic hydroxyl groups excluding tert-OH is 1. The summed E-state index contributed by atoms with van der Waals surface area (Å²) >= 11 is 0. The van der Waals surface area contributed by atoms with E-state index in [1.165, 1.54) is 0 Å². The minimum atomic E-state index is -0.301. The lowest BCUT2D eigenvalue weighted by Crippen LogP contribution is -2.64. The van der Waals surface area contributed by atoms with Crippen molar-refractivity contribution in [3.05, 3.63) is 30.1 Å². The number of aliphatic hydroxyl groups is 1. The summed E-state index contributed by atoms with van der Waals surface area (Å²) in [4.78, 5) is 18.3. The maximum absolute atomic E-state index is 12.3. The molecule has 0 spiro atoms. The number of nitrogens with zero attached hydrogens (tertiary/aromatic N) is 2. The van der Waals surface area contributed by atoms with Crippen molar-refractivity contribution in [1.82, 2.24) is 15.2 Å². The second-order valence-corrected chi connectivity index (χ2v) is 5.65. The number of aromatic nitrogens is 1. The minimum Gasteiger partial charge on any atom is -0.396 e. The molecule has 5 nitrogen and oxygen atoms in total. The van der Waals surface area contributed by atoms with Gasteiger partial charge in [0.15, 0.2) is 0 Å². The van der Waals surface area contributed by atoms with E-state index in [1.54, 1.807) is 12.4 Å². The van der Waals surface area contributed by atoms with E-state index < -0.39 is 0 Å². The molecule has 1 fully saturated rings. The van der Waals surface area contributed by atoms with E-state index >= 15 is 0 Å². The summed E-state index contributed by atoms with van der Waals surface area (Å²) in [7, 11) is 0. The van der Waals surface area contributed by atoms with Crippen molar-refractivity contribution in [1.29, 1.82) is 0 Å². The van der Waals surface area contributed by atoms with Gasteiger partial charge in [-0.3, -0.25) is 15.1 Å². The standard InChI is InChI=1S/C14H21N3O2/c1-14(2)10-17(9-11-4-3-6-15-8-11)13(19)12(16-14)5-7-18/h3-4,6,8,12,16,18H,5,7,9-10H2,1-2H3. The highest BCUT2D eigenvalue weighted by molar-refractivity contribution is 5.83. The van der Waals surface area contributed by atoms with Crippen LogP contribution in [-0.4, -0.2) is 45.6 Å². The van der Waals surface area contributed by atoms with E-state index in [9.17, 15) is 4.79 Å². The molecule has 1 atom stereocenters. The SMILES string of the molecule is CC1(C)CN(Cc2cccnc2)C(=O)C(CCO)N1. The molecule has 1 aromatic rings. The summed E-state index contributed by atoms with van der Waals surface area (Å²) in [6.07, 6.45) is 3.96. The summed E-state index contributed by atoms with van der Waals surface area (Å²) < 4.78 is 0. The molecule has 1 saturated heterocycles. The summed E-state index contributed by atoms with van der Waals surface area (Å²) in [5.74, 6) is 0.0530. The van der Waals surface area contributed by atoms with Gasteiger partial charge in [-0.1, -0.05) is 6.07 Å². The highest BCUT2D eigenvalue weighted by Gasteiger charge is 2.37. The number of hydrogen-bond donors (Lipinski definition) is 2. The lowest BCUT2D eigenvalue weighted by molar-refractivity contribution is -0.140. The van der Waals surface area contributed by atoms with Crippen molar-refractivity contribution < 1.29 is 9.90 Å². The van der Waals surface area contributed by atoms with E-state index in [1.807, 2.05) is 17.0 Å². The zero-order valence-corrected chi connectivity index (χ0v) is 11.5. The third kappa shape index (κ3) is 3.52. The number of pyridine rings is 1. The number of amides is 1. The Labute approximate surface area is 113 Å². The number of carbonyl (C=O) groups excluding carboxylic acids is 1. The molecule has 1 amide bonds. The summed E-state index contributed by atoms with van der Waals surface area (Å²) in [6, 6.07) is 3.54. The highest BCUT2D eigenvalue weighted by Crippen LogP contribution is 2.19. The van der Waals surface area contributed by atoms with Crippen LogP contribution < -0.4 is 5.32 Å². The Bertz CT molecular complexity index is 434. The van der Waals surface area contributed by atoms with Crippen molar-refractivity contribution in [2.24, 2.45) is 0 Å². The van der Waals surface area contributed by atoms with Crippen LogP contribution in [0.1, 0.15) is 25.8 Å². The predicted octanol–water partition coefficient (Wildman–Crippen LogP) is 0.543. The lowest BCUT2D eigenvalue weighted by atomic mass is 9.96. The minimum absolute atomic E-state index is 0.0141. The lowest BCUT2D eigenvalue weighted by Gasteiger charge is -2.43. The van der Waals surface area contributed by atoms with Gasteiger partial charge in [0.05, 0.1) is 6.04 Å². The van der Waals surface area contributed by atoms with Gasteiger partial charge in [0, 0.05) is 37.6 Å². The van der Waals surface area contributed by atoms with Crippen LogP contribution in [0.2, 0.25) is 0 Å². The van der Waals surface area contributed by atoms with Gasteiger partial charge in [0.2, 0.25) is 5.91 Å². The Hall–Kier alpha value is -1.46. The first-order valence-electron chi connectivity index (χ1n) is 6.58. The monoisotopic (exact) mass is 263 g/mol. The van der Waals surface area contributed by atoms with Gasteiger partial charge >= 0.3 is 0 Å². The number of nitrogens with one attached hydrogen (secondary N) is 1.